The van der Waals surface area contributed by atoms with E-state index in [2.05, 4.69) is 10.5 Å². The smallest absolute Gasteiger partial charge is 0.349 e. The van der Waals surface area contributed by atoms with Crippen LogP contribution in [0.1, 0.15) is 21.7 Å². The van der Waals surface area contributed by atoms with Gasteiger partial charge in [0.1, 0.15) is 11.5 Å². The zero-order valence-electron chi connectivity index (χ0n) is 14.9. The highest BCUT2D eigenvalue weighted by molar-refractivity contribution is 6.04. The molecule has 0 radical (unpaired) electrons. The molecule has 7 heteroatoms. The molecule has 0 aliphatic heterocycles. The lowest BCUT2D eigenvalue weighted by Gasteiger charge is -2.08. The molecule has 0 atom stereocenters. The highest BCUT2D eigenvalue weighted by Crippen LogP contribution is 2.17. The number of amides is 1. The molecule has 0 fully saturated rings. The number of ether oxygens (including phenoxy) is 2. The number of hydrogen-bond donors (Lipinski definition) is 1. The Labute approximate surface area is 155 Å². The van der Waals surface area contributed by atoms with Gasteiger partial charge in [0.25, 0.3) is 11.8 Å². The Morgan fingerprint density at radius 1 is 1.07 bits per heavy atom. The van der Waals surface area contributed by atoms with E-state index >= 15 is 0 Å². The molecule has 1 amide bonds. The van der Waals surface area contributed by atoms with Gasteiger partial charge in [0, 0.05) is 17.3 Å². The molecule has 1 N–H and O–H groups in total. The van der Waals surface area contributed by atoms with E-state index in [1.165, 1.54) is 0 Å². The summed E-state index contributed by atoms with van der Waals surface area (Å²) >= 11 is 0. The minimum atomic E-state index is -0.577. The SMILES string of the molecule is Cc1cccc(C(=O)Nc2ccc(OC(=O)COc3cc(C)on3)cc2)c1. The van der Waals surface area contributed by atoms with Crippen molar-refractivity contribution in [1.29, 1.82) is 0 Å². The number of benzene rings is 2. The molecule has 0 bridgehead atoms. The number of hydrogen-bond acceptors (Lipinski definition) is 6. The Hall–Kier alpha value is -3.61. The predicted molar refractivity (Wildman–Crippen MR) is 97.9 cm³/mol. The molecule has 27 heavy (non-hydrogen) atoms. The summed E-state index contributed by atoms with van der Waals surface area (Å²) in [6.07, 6.45) is 0. The number of esters is 1. The summed E-state index contributed by atoms with van der Waals surface area (Å²) in [5.74, 6) is 0.362. The Bertz CT molecular complexity index is 947. The summed E-state index contributed by atoms with van der Waals surface area (Å²) in [5.41, 5.74) is 2.18. The van der Waals surface area contributed by atoms with Crippen molar-refractivity contribution in [3.63, 3.8) is 0 Å². The van der Waals surface area contributed by atoms with E-state index in [9.17, 15) is 9.59 Å². The van der Waals surface area contributed by atoms with E-state index in [0.29, 0.717) is 22.8 Å². The maximum absolute atomic E-state index is 12.2. The number of nitrogens with one attached hydrogen (secondary N) is 1. The molecule has 0 saturated carbocycles. The van der Waals surface area contributed by atoms with Crippen molar-refractivity contribution in [2.45, 2.75) is 13.8 Å². The molecular formula is C20H18N2O5. The fourth-order valence-corrected chi connectivity index (χ4v) is 2.30. The van der Waals surface area contributed by atoms with Gasteiger partial charge < -0.3 is 19.3 Å². The Morgan fingerprint density at radius 3 is 2.52 bits per heavy atom. The Balaban J connectivity index is 1.52. The first-order valence-corrected chi connectivity index (χ1v) is 8.24. The van der Waals surface area contributed by atoms with Crippen LogP contribution in [0.5, 0.6) is 11.6 Å². The van der Waals surface area contributed by atoms with Crippen LogP contribution < -0.4 is 14.8 Å². The summed E-state index contributed by atoms with van der Waals surface area (Å²) in [6.45, 7) is 3.35. The molecule has 1 aromatic heterocycles. The van der Waals surface area contributed by atoms with Crippen molar-refractivity contribution in [1.82, 2.24) is 5.16 Å². The lowest BCUT2D eigenvalue weighted by atomic mass is 10.1. The van der Waals surface area contributed by atoms with Crippen LogP contribution in [0.4, 0.5) is 5.69 Å². The molecule has 1 heterocycles. The molecule has 2 aromatic carbocycles. The summed E-state index contributed by atoms with van der Waals surface area (Å²) in [7, 11) is 0. The zero-order valence-corrected chi connectivity index (χ0v) is 14.9. The van der Waals surface area contributed by atoms with Crippen molar-refractivity contribution < 1.29 is 23.6 Å². The summed E-state index contributed by atoms with van der Waals surface area (Å²) in [5, 5.41) is 6.41. The monoisotopic (exact) mass is 366 g/mol. The van der Waals surface area contributed by atoms with Gasteiger partial charge >= 0.3 is 5.97 Å². The topological polar surface area (TPSA) is 90.7 Å². The van der Waals surface area contributed by atoms with Gasteiger partial charge in [0.15, 0.2) is 6.61 Å². The van der Waals surface area contributed by atoms with Crippen LogP contribution >= 0.6 is 0 Å². The largest absolute Gasteiger partial charge is 0.463 e. The predicted octanol–water partition coefficient (Wildman–Crippen LogP) is 3.53. The third-order valence-electron chi connectivity index (χ3n) is 3.57. The lowest BCUT2D eigenvalue weighted by Crippen LogP contribution is -2.17. The number of anilines is 1. The maximum Gasteiger partial charge on any atom is 0.349 e. The van der Waals surface area contributed by atoms with Crippen LogP contribution in [-0.4, -0.2) is 23.6 Å². The molecule has 0 unspecified atom stereocenters. The van der Waals surface area contributed by atoms with E-state index in [4.69, 9.17) is 14.0 Å². The normalized spacial score (nSPS) is 10.3. The third kappa shape index (κ3) is 5.18. The number of rotatable bonds is 6. The van der Waals surface area contributed by atoms with Gasteiger partial charge in [-0.2, -0.15) is 0 Å². The second kappa shape index (κ2) is 8.18. The highest BCUT2D eigenvalue weighted by Gasteiger charge is 2.10. The fourth-order valence-electron chi connectivity index (χ4n) is 2.30. The molecule has 7 nitrogen and oxygen atoms in total. The van der Waals surface area contributed by atoms with Crippen LogP contribution in [0.3, 0.4) is 0 Å². The van der Waals surface area contributed by atoms with Crippen LogP contribution in [-0.2, 0) is 4.79 Å². The van der Waals surface area contributed by atoms with Crippen LogP contribution in [0, 0.1) is 13.8 Å². The first kappa shape index (κ1) is 18.2. The van der Waals surface area contributed by atoms with Crippen molar-refractivity contribution in [3.05, 3.63) is 71.5 Å². The molecule has 138 valence electrons. The van der Waals surface area contributed by atoms with Crippen LogP contribution in [0.15, 0.2) is 59.1 Å². The Morgan fingerprint density at radius 2 is 1.85 bits per heavy atom. The van der Waals surface area contributed by atoms with Gasteiger partial charge in [-0.25, -0.2) is 4.79 Å². The molecule has 0 saturated heterocycles. The number of aryl methyl sites for hydroxylation is 2. The first-order valence-electron chi connectivity index (χ1n) is 8.24. The number of carbonyl (C=O) groups is 2. The van der Waals surface area contributed by atoms with Gasteiger partial charge in [0.2, 0.25) is 0 Å². The van der Waals surface area contributed by atoms with Crippen molar-refractivity contribution >= 4 is 17.6 Å². The molecule has 0 aliphatic carbocycles. The number of carbonyl (C=O) groups excluding carboxylic acids is 2. The second-order valence-corrected chi connectivity index (χ2v) is 5.89. The quantitative estimate of drug-likeness (QED) is 0.530. The van der Waals surface area contributed by atoms with E-state index in [1.54, 1.807) is 43.3 Å². The molecular weight excluding hydrogens is 348 g/mol. The first-order chi connectivity index (χ1) is 13.0. The van der Waals surface area contributed by atoms with E-state index in [-0.39, 0.29) is 18.4 Å². The van der Waals surface area contributed by atoms with Crippen molar-refractivity contribution in [2.24, 2.45) is 0 Å². The molecule has 0 spiro atoms. The number of nitrogens with zero attached hydrogens (tertiary/aromatic N) is 1. The summed E-state index contributed by atoms with van der Waals surface area (Å²) in [4.78, 5) is 24.0. The van der Waals surface area contributed by atoms with Gasteiger partial charge in [-0.05, 0) is 55.4 Å². The fraction of sp³-hybridized carbons (Fsp3) is 0.150. The Kier molecular flexibility index (Phi) is 5.51. The summed E-state index contributed by atoms with van der Waals surface area (Å²) in [6, 6.07) is 15.3. The zero-order chi connectivity index (χ0) is 19.2. The third-order valence-corrected chi connectivity index (χ3v) is 3.57. The summed E-state index contributed by atoms with van der Waals surface area (Å²) < 4.78 is 15.2. The number of aromatic nitrogens is 1. The van der Waals surface area contributed by atoms with Gasteiger partial charge in [-0.1, -0.05) is 17.7 Å². The maximum atomic E-state index is 12.2. The molecule has 3 rings (SSSR count). The van der Waals surface area contributed by atoms with Crippen LogP contribution in [0.2, 0.25) is 0 Å². The van der Waals surface area contributed by atoms with Crippen molar-refractivity contribution in [2.75, 3.05) is 11.9 Å². The van der Waals surface area contributed by atoms with Crippen molar-refractivity contribution in [3.8, 4) is 11.6 Å². The van der Waals surface area contributed by atoms with Gasteiger partial charge in [-0.3, -0.25) is 4.79 Å². The van der Waals surface area contributed by atoms with E-state index in [0.717, 1.165) is 5.56 Å². The van der Waals surface area contributed by atoms with E-state index in [1.807, 2.05) is 25.1 Å². The standard InChI is InChI=1S/C20H18N2O5/c1-13-4-3-5-15(10-13)20(24)21-16-6-8-17(9-7-16)26-19(23)12-25-18-11-14(2)27-22-18/h3-11H,12H2,1-2H3,(H,21,24). The second-order valence-electron chi connectivity index (χ2n) is 5.89. The average molecular weight is 366 g/mol. The highest BCUT2D eigenvalue weighted by atomic mass is 16.6. The molecule has 3 aromatic rings. The minimum absolute atomic E-state index is 0.209. The minimum Gasteiger partial charge on any atom is -0.463 e. The average Bonchev–Trinajstić information content (AvgIpc) is 3.07. The molecule has 0 aliphatic rings. The van der Waals surface area contributed by atoms with Gasteiger partial charge in [0.05, 0.1) is 0 Å². The lowest BCUT2D eigenvalue weighted by molar-refractivity contribution is -0.136. The van der Waals surface area contributed by atoms with E-state index < -0.39 is 5.97 Å². The van der Waals surface area contributed by atoms with Crippen LogP contribution in [0.25, 0.3) is 0 Å². The van der Waals surface area contributed by atoms with Gasteiger partial charge in [-0.15, -0.1) is 0 Å².